The summed E-state index contributed by atoms with van der Waals surface area (Å²) in [7, 11) is 0. The monoisotopic (exact) mass is 213 g/mol. The van der Waals surface area contributed by atoms with Crippen LogP contribution in [0.3, 0.4) is 0 Å². The van der Waals surface area contributed by atoms with E-state index in [9.17, 15) is 8.78 Å². The zero-order valence-electron chi connectivity index (χ0n) is 8.26. The van der Waals surface area contributed by atoms with Crippen molar-refractivity contribution >= 4 is 5.82 Å². The standard InChI is InChI=1S/C10H13F2N3/c11-7-4-8(12)9(14-5-7)15-6-10(13)2-1-3-10/h4-5H,1-3,6,13H2,(H,14,15). The van der Waals surface area contributed by atoms with Crippen molar-refractivity contribution < 1.29 is 8.78 Å². The lowest BCUT2D eigenvalue weighted by Gasteiger charge is -2.38. The Morgan fingerprint density at radius 3 is 2.73 bits per heavy atom. The van der Waals surface area contributed by atoms with E-state index < -0.39 is 11.6 Å². The zero-order chi connectivity index (χ0) is 10.9. The Morgan fingerprint density at radius 2 is 2.20 bits per heavy atom. The summed E-state index contributed by atoms with van der Waals surface area (Å²) in [6.07, 6.45) is 3.96. The Bertz CT molecular complexity index is 364. The van der Waals surface area contributed by atoms with Crippen molar-refractivity contribution in [3.05, 3.63) is 23.9 Å². The molecule has 3 nitrogen and oxygen atoms in total. The molecule has 0 aliphatic heterocycles. The molecule has 0 bridgehead atoms. The predicted molar refractivity (Wildman–Crippen MR) is 53.4 cm³/mol. The summed E-state index contributed by atoms with van der Waals surface area (Å²) in [5.74, 6) is -1.30. The third kappa shape index (κ3) is 2.23. The Labute approximate surface area is 86.7 Å². The van der Waals surface area contributed by atoms with Gasteiger partial charge in [-0.3, -0.25) is 0 Å². The molecule has 0 atom stereocenters. The van der Waals surface area contributed by atoms with Crippen LogP contribution in [0.15, 0.2) is 12.3 Å². The molecule has 1 aliphatic carbocycles. The van der Waals surface area contributed by atoms with Crippen LogP contribution in [-0.2, 0) is 0 Å². The predicted octanol–water partition coefficient (Wildman–Crippen LogP) is 1.65. The lowest BCUT2D eigenvalue weighted by atomic mass is 9.78. The number of nitrogens with two attached hydrogens (primary N) is 1. The summed E-state index contributed by atoms with van der Waals surface area (Å²) >= 11 is 0. The van der Waals surface area contributed by atoms with E-state index >= 15 is 0 Å². The average Bonchev–Trinajstić information content (AvgIpc) is 2.14. The Kier molecular flexibility index (Phi) is 2.56. The number of halogens is 2. The summed E-state index contributed by atoms with van der Waals surface area (Å²) in [6.45, 7) is 0.475. The van der Waals surface area contributed by atoms with Crippen LogP contribution in [0.4, 0.5) is 14.6 Å². The lowest BCUT2D eigenvalue weighted by Crippen LogP contribution is -2.52. The van der Waals surface area contributed by atoms with Gasteiger partial charge in [-0.15, -0.1) is 0 Å². The molecule has 0 aromatic carbocycles. The first-order valence-electron chi connectivity index (χ1n) is 4.93. The molecule has 15 heavy (non-hydrogen) atoms. The van der Waals surface area contributed by atoms with Crippen molar-refractivity contribution in [3.8, 4) is 0 Å². The largest absolute Gasteiger partial charge is 0.366 e. The van der Waals surface area contributed by atoms with Crippen LogP contribution in [0.5, 0.6) is 0 Å². The van der Waals surface area contributed by atoms with Gasteiger partial charge in [0.1, 0.15) is 5.82 Å². The minimum atomic E-state index is -0.682. The zero-order valence-corrected chi connectivity index (χ0v) is 8.26. The van der Waals surface area contributed by atoms with Gasteiger partial charge in [0.15, 0.2) is 11.6 Å². The highest BCUT2D eigenvalue weighted by atomic mass is 19.1. The fraction of sp³-hybridized carbons (Fsp3) is 0.500. The molecule has 0 amide bonds. The number of nitrogens with one attached hydrogen (secondary N) is 1. The second-order valence-electron chi connectivity index (χ2n) is 4.05. The van der Waals surface area contributed by atoms with Crippen LogP contribution < -0.4 is 11.1 Å². The van der Waals surface area contributed by atoms with Crippen molar-refractivity contribution in [2.75, 3.05) is 11.9 Å². The van der Waals surface area contributed by atoms with E-state index in [1.165, 1.54) is 0 Å². The number of hydrogen-bond acceptors (Lipinski definition) is 3. The molecule has 0 spiro atoms. The average molecular weight is 213 g/mol. The Morgan fingerprint density at radius 1 is 1.47 bits per heavy atom. The third-order valence-corrected chi connectivity index (χ3v) is 2.77. The molecule has 0 saturated heterocycles. The SMILES string of the molecule is NC1(CNc2ncc(F)cc2F)CCC1. The van der Waals surface area contributed by atoms with E-state index in [2.05, 4.69) is 10.3 Å². The van der Waals surface area contributed by atoms with Gasteiger partial charge < -0.3 is 11.1 Å². The number of aromatic nitrogens is 1. The van der Waals surface area contributed by atoms with Gasteiger partial charge in [-0.2, -0.15) is 0 Å². The van der Waals surface area contributed by atoms with E-state index in [0.29, 0.717) is 6.54 Å². The van der Waals surface area contributed by atoms with Crippen molar-refractivity contribution in [2.45, 2.75) is 24.8 Å². The molecule has 0 unspecified atom stereocenters. The quantitative estimate of drug-likeness (QED) is 0.802. The van der Waals surface area contributed by atoms with Crippen molar-refractivity contribution in [1.82, 2.24) is 4.98 Å². The van der Waals surface area contributed by atoms with Crippen LogP contribution in [-0.4, -0.2) is 17.1 Å². The fourth-order valence-corrected chi connectivity index (χ4v) is 1.61. The Balaban J connectivity index is 1.98. The van der Waals surface area contributed by atoms with E-state index in [1.54, 1.807) is 0 Å². The summed E-state index contributed by atoms with van der Waals surface area (Å²) in [5.41, 5.74) is 5.70. The molecule has 1 aromatic rings. The molecule has 3 N–H and O–H groups in total. The first kappa shape index (κ1) is 10.3. The van der Waals surface area contributed by atoms with Gasteiger partial charge in [0.05, 0.1) is 6.20 Å². The van der Waals surface area contributed by atoms with E-state index in [0.717, 1.165) is 31.5 Å². The third-order valence-electron chi connectivity index (χ3n) is 2.77. The molecule has 82 valence electrons. The summed E-state index contributed by atoms with van der Waals surface area (Å²) in [4.78, 5) is 3.62. The highest BCUT2D eigenvalue weighted by molar-refractivity contribution is 5.36. The number of pyridine rings is 1. The van der Waals surface area contributed by atoms with Crippen molar-refractivity contribution in [1.29, 1.82) is 0 Å². The van der Waals surface area contributed by atoms with Crippen LogP contribution in [0.1, 0.15) is 19.3 Å². The van der Waals surface area contributed by atoms with Gasteiger partial charge in [0.2, 0.25) is 0 Å². The van der Waals surface area contributed by atoms with E-state index in [4.69, 9.17) is 5.73 Å². The lowest BCUT2D eigenvalue weighted by molar-refractivity contribution is 0.265. The molecular weight excluding hydrogens is 200 g/mol. The number of nitrogens with zero attached hydrogens (tertiary/aromatic N) is 1. The molecule has 2 rings (SSSR count). The van der Waals surface area contributed by atoms with Crippen molar-refractivity contribution in [3.63, 3.8) is 0 Å². The molecule has 1 heterocycles. The second kappa shape index (κ2) is 3.73. The minimum absolute atomic E-state index is 0.0631. The van der Waals surface area contributed by atoms with Gasteiger partial charge in [-0.25, -0.2) is 13.8 Å². The van der Waals surface area contributed by atoms with Crippen LogP contribution in [0.2, 0.25) is 0 Å². The summed E-state index contributed by atoms with van der Waals surface area (Å²) < 4.78 is 25.7. The molecular formula is C10H13F2N3. The highest BCUT2D eigenvalue weighted by Crippen LogP contribution is 2.29. The maximum absolute atomic E-state index is 13.1. The van der Waals surface area contributed by atoms with Crippen LogP contribution in [0.25, 0.3) is 0 Å². The molecule has 1 aromatic heterocycles. The topological polar surface area (TPSA) is 50.9 Å². The molecule has 0 radical (unpaired) electrons. The summed E-state index contributed by atoms with van der Waals surface area (Å²) in [5, 5.41) is 2.80. The second-order valence-corrected chi connectivity index (χ2v) is 4.05. The Hall–Kier alpha value is -1.23. The van der Waals surface area contributed by atoms with E-state index in [1.807, 2.05) is 0 Å². The van der Waals surface area contributed by atoms with Gasteiger partial charge in [-0.1, -0.05) is 0 Å². The van der Waals surface area contributed by atoms with Crippen molar-refractivity contribution in [2.24, 2.45) is 5.73 Å². The minimum Gasteiger partial charge on any atom is -0.366 e. The van der Waals surface area contributed by atoms with Crippen LogP contribution in [0, 0.1) is 11.6 Å². The normalized spacial score (nSPS) is 18.3. The van der Waals surface area contributed by atoms with Gasteiger partial charge in [0.25, 0.3) is 0 Å². The molecule has 1 saturated carbocycles. The molecule has 1 aliphatic rings. The first-order chi connectivity index (χ1) is 7.09. The fourth-order valence-electron chi connectivity index (χ4n) is 1.61. The maximum atomic E-state index is 13.1. The van der Waals surface area contributed by atoms with Crippen LogP contribution >= 0.6 is 0 Å². The summed E-state index contributed by atoms with van der Waals surface area (Å²) in [6, 6.07) is 0.805. The van der Waals surface area contributed by atoms with E-state index in [-0.39, 0.29) is 11.4 Å². The smallest absolute Gasteiger partial charge is 0.168 e. The molecule has 1 fully saturated rings. The highest BCUT2D eigenvalue weighted by Gasteiger charge is 2.32. The molecule has 5 heteroatoms. The van der Waals surface area contributed by atoms with Gasteiger partial charge in [0, 0.05) is 18.2 Å². The number of rotatable bonds is 3. The van der Waals surface area contributed by atoms with Gasteiger partial charge >= 0.3 is 0 Å². The number of anilines is 1. The first-order valence-corrected chi connectivity index (χ1v) is 4.93. The van der Waals surface area contributed by atoms with Gasteiger partial charge in [-0.05, 0) is 19.3 Å². The number of hydrogen-bond donors (Lipinski definition) is 2. The maximum Gasteiger partial charge on any atom is 0.168 e.